The van der Waals surface area contributed by atoms with Crippen molar-refractivity contribution in [1.29, 1.82) is 0 Å². The lowest BCUT2D eigenvalue weighted by molar-refractivity contribution is -0.113. The van der Waals surface area contributed by atoms with Gasteiger partial charge in [0.05, 0.1) is 22.9 Å². The summed E-state index contributed by atoms with van der Waals surface area (Å²) in [5, 5.41) is 1.53. The number of benzene rings is 2. The molecule has 13 heteroatoms. The number of rotatable bonds is 10. The molecule has 2 aromatic heterocycles. The Labute approximate surface area is 288 Å². The van der Waals surface area contributed by atoms with Crippen molar-refractivity contribution >= 4 is 39.9 Å². The third-order valence-electron chi connectivity index (χ3n) is 9.75. The summed E-state index contributed by atoms with van der Waals surface area (Å²) in [6, 6.07) is 6.07. The van der Waals surface area contributed by atoms with Crippen molar-refractivity contribution in [3.8, 4) is 23.0 Å². The fourth-order valence-corrected chi connectivity index (χ4v) is 7.10. The zero-order chi connectivity index (χ0) is 35.4. The van der Waals surface area contributed by atoms with Gasteiger partial charge < -0.3 is 28.6 Å². The van der Waals surface area contributed by atoms with Gasteiger partial charge in [-0.2, -0.15) is 9.97 Å². The summed E-state index contributed by atoms with van der Waals surface area (Å²) < 4.78 is 54.8. The van der Waals surface area contributed by atoms with Crippen LogP contribution in [0.1, 0.15) is 58.9 Å². The molecular formula is C37H41F2N5O6. The lowest BCUT2D eigenvalue weighted by atomic mass is 9.94. The number of halogens is 2. The van der Waals surface area contributed by atoms with Crippen LogP contribution in [0.3, 0.4) is 0 Å². The lowest BCUT2D eigenvalue weighted by Crippen LogP contribution is -2.57. The first-order valence-corrected chi connectivity index (χ1v) is 17.0. The largest absolute Gasteiger partial charge is 0.468 e. The second-order valence-corrected chi connectivity index (χ2v) is 14.5. The van der Waals surface area contributed by atoms with Crippen molar-refractivity contribution in [2.45, 2.75) is 77.5 Å². The van der Waals surface area contributed by atoms with Crippen LogP contribution in [0.2, 0.25) is 0 Å². The molecule has 3 fully saturated rings. The summed E-state index contributed by atoms with van der Waals surface area (Å²) >= 11 is 0. The van der Waals surface area contributed by atoms with Gasteiger partial charge in [0.1, 0.15) is 47.1 Å². The van der Waals surface area contributed by atoms with E-state index in [9.17, 15) is 9.59 Å². The molecular weight excluding hydrogens is 648 g/mol. The second-order valence-electron chi connectivity index (χ2n) is 14.5. The number of amides is 1. The molecule has 11 nitrogen and oxygen atoms in total. The molecule has 264 valence electrons. The van der Waals surface area contributed by atoms with E-state index >= 15 is 8.78 Å². The Morgan fingerprint density at radius 2 is 1.82 bits per heavy atom. The summed E-state index contributed by atoms with van der Waals surface area (Å²) in [6.45, 7) is 8.27. The zero-order valence-electron chi connectivity index (χ0n) is 28.9. The van der Waals surface area contributed by atoms with Crippen LogP contribution in [0, 0.1) is 17.0 Å². The number of carbonyl (C=O) groups excluding carboxylic acids is 2. The molecule has 2 unspecified atom stereocenters. The summed E-state index contributed by atoms with van der Waals surface area (Å²) in [5.74, 6) is -0.322. The van der Waals surface area contributed by atoms with Gasteiger partial charge in [-0.05, 0) is 87.4 Å². The first kappa shape index (κ1) is 33.8. The molecule has 1 saturated carbocycles. The van der Waals surface area contributed by atoms with Crippen LogP contribution in [0.4, 0.5) is 19.4 Å². The minimum Gasteiger partial charge on any atom is -0.468 e. The summed E-state index contributed by atoms with van der Waals surface area (Å²) in [6.07, 6.45) is 5.40. The number of hydrogen-bond donors (Lipinski definition) is 0. The zero-order valence-corrected chi connectivity index (χ0v) is 28.9. The predicted molar refractivity (Wildman–Crippen MR) is 182 cm³/mol. The van der Waals surface area contributed by atoms with E-state index in [1.165, 1.54) is 19.4 Å². The van der Waals surface area contributed by atoms with Crippen LogP contribution in [0.25, 0.3) is 32.9 Å². The third kappa shape index (κ3) is 6.27. The molecule has 2 aromatic carbocycles. The Hall–Kier alpha value is -4.65. The van der Waals surface area contributed by atoms with Gasteiger partial charge in [0.15, 0.2) is 12.6 Å². The van der Waals surface area contributed by atoms with E-state index in [0.717, 1.165) is 19.1 Å². The summed E-state index contributed by atoms with van der Waals surface area (Å²) in [5.41, 5.74) is -0.531. The number of pyridine rings is 1. The Balaban J connectivity index is 1.34. The highest BCUT2D eigenvalue weighted by Gasteiger charge is 2.46. The highest BCUT2D eigenvalue weighted by Crippen LogP contribution is 2.44. The summed E-state index contributed by atoms with van der Waals surface area (Å²) in [4.78, 5) is 42.6. The van der Waals surface area contributed by atoms with E-state index in [0.29, 0.717) is 71.2 Å². The van der Waals surface area contributed by atoms with E-state index in [2.05, 4.69) is 9.97 Å². The smallest absolute Gasteiger partial charge is 0.410 e. The minimum absolute atomic E-state index is 0.0290. The first-order chi connectivity index (χ1) is 23.9. The molecule has 2 bridgehead atoms. The van der Waals surface area contributed by atoms with Gasteiger partial charge in [-0.3, -0.25) is 9.88 Å². The van der Waals surface area contributed by atoms with E-state index in [1.54, 1.807) is 18.2 Å². The average Bonchev–Trinajstić information content (AvgIpc) is 3.82. The van der Waals surface area contributed by atoms with Crippen molar-refractivity contribution in [3.63, 3.8) is 0 Å². The maximum atomic E-state index is 17.1. The van der Waals surface area contributed by atoms with Gasteiger partial charge in [0.2, 0.25) is 0 Å². The number of anilines is 1. The first-order valence-electron chi connectivity index (χ1n) is 17.0. The van der Waals surface area contributed by atoms with E-state index in [1.807, 2.05) is 37.5 Å². The number of fused-ring (bicyclic) bond motifs is 4. The standard InChI is InChI=1S/C37H41F2N5O6/c1-6-25-28(38)10-7-21-13-24(49-20-47-5)14-26(29(21)25)31-30(39)32-27(15-40-31)33(42-34(41-32)48-19-37(18-45)11-12-37)43-16-22-8-9-23(17-43)44(22)35(46)50-36(2,3)4/h7,10,13-15,18,22-23H,6,8-9,11-12,16-17,19-20H2,1-5H3. The van der Waals surface area contributed by atoms with Gasteiger partial charge in [-0.25, -0.2) is 13.6 Å². The molecule has 4 heterocycles. The van der Waals surface area contributed by atoms with E-state index < -0.39 is 22.7 Å². The van der Waals surface area contributed by atoms with Gasteiger partial charge in [-0.1, -0.05) is 13.0 Å². The topological polar surface area (TPSA) is 116 Å². The molecule has 7 rings (SSSR count). The minimum atomic E-state index is -0.737. The monoisotopic (exact) mass is 689 g/mol. The molecule has 0 radical (unpaired) electrons. The number of aryl methyl sites for hydroxylation is 1. The Bertz CT molecular complexity index is 1970. The molecule has 2 saturated heterocycles. The fourth-order valence-electron chi connectivity index (χ4n) is 7.10. The van der Waals surface area contributed by atoms with Crippen molar-refractivity contribution < 1.29 is 37.3 Å². The SMILES string of the molecule is CCc1c(F)ccc2cc(OCOC)cc(-c3ncc4c(N5CC6CCC(C5)N6C(=O)OC(C)(C)C)nc(OCC5(C=O)CC5)nc4c3F)c12. The normalized spacial score (nSPS) is 19.6. The predicted octanol–water partition coefficient (Wildman–Crippen LogP) is 6.61. The number of aromatic nitrogens is 3. The average molecular weight is 690 g/mol. The number of aldehydes is 1. The van der Waals surface area contributed by atoms with Crippen LogP contribution in [-0.2, 0) is 20.7 Å². The Morgan fingerprint density at radius 1 is 1.08 bits per heavy atom. The third-order valence-corrected chi connectivity index (χ3v) is 9.75. The van der Waals surface area contributed by atoms with Crippen molar-refractivity contribution in [1.82, 2.24) is 19.9 Å². The van der Waals surface area contributed by atoms with Crippen molar-refractivity contribution in [3.05, 3.63) is 47.7 Å². The van der Waals surface area contributed by atoms with Gasteiger partial charge >= 0.3 is 12.1 Å². The van der Waals surface area contributed by atoms with Crippen molar-refractivity contribution in [2.75, 3.05) is 38.5 Å². The van der Waals surface area contributed by atoms with Crippen LogP contribution in [0.15, 0.2) is 30.5 Å². The number of methoxy groups -OCH3 is 1. The molecule has 1 amide bonds. The van der Waals surface area contributed by atoms with Crippen LogP contribution in [-0.4, -0.2) is 83.5 Å². The van der Waals surface area contributed by atoms with Gasteiger partial charge in [0.25, 0.3) is 0 Å². The molecule has 4 aromatic rings. The molecule has 3 aliphatic rings. The Morgan fingerprint density at radius 3 is 2.46 bits per heavy atom. The molecule has 2 aliphatic heterocycles. The molecule has 0 spiro atoms. The van der Waals surface area contributed by atoms with Gasteiger partial charge in [-0.15, -0.1) is 0 Å². The number of carbonyl (C=O) groups is 2. The summed E-state index contributed by atoms with van der Waals surface area (Å²) in [7, 11) is 1.50. The Kier molecular flexibility index (Phi) is 8.73. The highest BCUT2D eigenvalue weighted by atomic mass is 19.1. The number of hydrogen-bond acceptors (Lipinski definition) is 10. The molecule has 2 atom stereocenters. The second kappa shape index (κ2) is 12.9. The van der Waals surface area contributed by atoms with E-state index in [-0.39, 0.29) is 48.8 Å². The molecule has 1 aliphatic carbocycles. The molecule has 0 N–H and O–H groups in total. The van der Waals surface area contributed by atoms with Crippen LogP contribution in [0.5, 0.6) is 11.8 Å². The fraction of sp³-hybridized carbons (Fsp3) is 0.486. The number of ether oxygens (including phenoxy) is 4. The quantitative estimate of drug-likeness (QED) is 0.133. The van der Waals surface area contributed by atoms with Crippen molar-refractivity contribution in [2.24, 2.45) is 5.41 Å². The lowest BCUT2D eigenvalue weighted by Gasteiger charge is -2.42. The number of piperazine rings is 1. The maximum Gasteiger partial charge on any atom is 0.410 e. The van der Waals surface area contributed by atoms with Crippen LogP contribution < -0.4 is 14.4 Å². The highest BCUT2D eigenvalue weighted by molar-refractivity contribution is 6.02. The maximum absolute atomic E-state index is 17.1. The molecule has 50 heavy (non-hydrogen) atoms. The van der Waals surface area contributed by atoms with Gasteiger partial charge in [0, 0.05) is 32.0 Å². The van der Waals surface area contributed by atoms with E-state index in [4.69, 9.17) is 23.9 Å². The number of nitrogens with zero attached hydrogens (tertiary/aromatic N) is 5. The van der Waals surface area contributed by atoms with Crippen LogP contribution >= 0.6 is 0 Å².